The third-order valence-corrected chi connectivity index (χ3v) is 8.63. The summed E-state index contributed by atoms with van der Waals surface area (Å²) in [5, 5.41) is 0. The molecule has 1 saturated heterocycles. The average molecular weight is 531 g/mol. The molecular weight excluding hydrogens is 492 g/mol. The van der Waals surface area contributed by atoms with E-state index >= 15 is 0 Å². The Bertz CT molecular complexity index is 1530. The van der Waals surface area contributed by atoms with Crippen LogP contribution in [-0.2, 0) is 23.4 Å². The van der Waals surface area contributed by atoms with E-state index in [1.165, 1.54) is 29.5 Å². The lowest BCUT2D eigenvalue weighted by Gasteiger charge is -2.35. The third-order valence-electron chi connectivity index (χ3n) is 7.50. The van der Waals surface area contributed by atoms with Crippen LogP contribution in [0.3, 0.4) is 0 Å². The average Bonchev–Trinajstić information content (AvgIpc) is 3.22. The summed E-state index contributed by atoms with van der Waals surface area (Å²) in [4.78, 5) is 10.4. The summed E-state index contributed by atoms with van der Waals surface area (Å²) in [6.07, 6.45) is 1.23. The minimum Gasteiger partial charge on any atom is -0.327 e. The van der Waals surface area contributed by atoms with E-state index in [4.69, 9.17) is 4.98 Å². The zero-order chi connectivity index (χ0) is 27.0. The van der Waals surface area contributed by atoms with E-state index in [1.807, 2.05) is 19.2 Å². The van der Waals surface area contributed by atoms with Gasteiger partial charge in [0, 0.05) is 58.1 Å². The number of nitrogens with zero attached hydrogens (tertiary/aromatic N) is 4. The minimum atomic E-state index is -3.23. The van der Waals surface area contributed by atoms with Gasteiger partial charge in [-0.1, -0.05) is 38.1 Å². The lowest BCUT2D eigenvalue weighted by atomic mass is 10.0. The van der Waals surface area contributed by atoms with Gasteiger partial charge in [0.25, 0.3) is 0 Å². The van der Waals surface area contributed by atoms with Crippen molar-refractivity contribution in [3.05, 3.63) is 71.8 Å². The quantitative estimate of drug-likeness (QED) is 0.321. The molecule has 0 bridgehead atoms. The van der Waals surface area contributed by atoms with Crippen LogP contribution in [0.2, 0.25) is 0 Å². The van der Waals surface area contributed by atoms with Gasteiger partial charge in [0.1, 0.15) is 5.82 Å². The normalized spacial score (nSPS) is 15.5. The molecule has 0 atom stereocenters. The number of aryl methyl sites for hydroxylation is 2. The molecule has 0 aliphatic carbocycles. The number of rotatable bonds is 7. The summed E-state index contributed by atoms with van der Waals surface area (Å²) in [5.74, 6) is 1.55. The molecule has 5 rings (SSSR count). The number of imidazole rings is 1. The summed E-state index contributed by atoms with van der Waals surface area (Å²) in [6.45, 7) is 13.4. The van der Waals surface area contributed by atoms with Crippen molar-refractivity contribution in [2.24, 2.45) is 13.0 Å². The van der Waals surface area contributed by atoms with Crippen molar-refractivity contribution in [1.82, 2.24) is 19.4 Å². The van der Waals surface area contributed by atoms with Crippen LogP contribution in [0.5, 0.6) is 0 Å². The van der Waals surface area contributed by atoms with E-state index in [1.54, 1.807) is 12.1 Å². The fraction of sp³-hybridized carbons (Fsp3) is 0.387. The van der Waals surface area contributed by atoms with E-state index in [9.17, 15) is 8.42 Å². The second kappa shape index (κ2) is 10.6. The van der Waals surface area contributed by atoms with Gasteiger partial charge in [-0.05, 0) is 71.5 Å². The summed E-state index contributed by atoms with van der Waals surface area (Å²) in [6, 6.07) is 20.3. The van der Waals surface area contributed by atoms with Gasteiger partial charge in [0.2, 0.25) is 0 Å². The highest BCUT2D eigenvalue weighted by atomic mass is 32.2. The fourth-order valence-electron chi connectivity index (χ4n) is 5.44. The van der Waals surface area contributed by atoms with Crippen LogP contribution in [0.4, 0.5) is 0 Å². The first-order valence-corrected chi connectivity index (χ1v) is 15.3. The smallest absolute Gasteiger partial charge is 0.175 e. The van der Waals surface area contributed by atoms with Crippen molar-refractivity contribution in [2.75, 3.05) is 39.0 Å². The van der Waals surface area contributed by atoms with Crippen LogP contribution in [0.15, 0.2) is 65.6 Å². The first-order chi connectivity index (χ1) is 18.1. The number of fused-ring (bicyclic) bond motifs is 1. The highest BCUT2D eigenvalue weighted by Gasteiger charge is 2.18. The van der Waals surface area contributed by atoms with E-state index in [0.717, 1.165) is 66.6 Å². The molecule has 4 aromatic rings. The highest BCUT2D eigenvalue weighted by Crippen LogP contribution is 2.31. The number of benzene rings is 3. The summed E-state index contributed by atoms with van der Waals surface area (Å²) >= 11 is 0. The van der Waals surface area contributed by atoms with E-state index in [-0.39, 0.29) is 0 Å². The molecule has 1 aliphatic rings. The van der Waals surface area contributed by atoms with E-state index in [0.29, 0.717) is 4.90 Å². The molecule has 0 radical (unpaired) electrons. The van der Waals surface area contributed by atoms with Crippen molar-refractivity contribution in [3.8, 4) is 22.5 Å². The maximum Gasteiger partial charge on any atom is 0.175 e. The number of sulfone groups is 1. The van der Waals surface area contributed by atoms with Gasteiger partial charge in [-0.3, -0.25) is 4.90 Å². The number of aromatic nitrogens is 2. The Hall–Kier alpha value is -3.00. The van der Waals surface area contributed by atoms with Crippen LogP contribution in [0.1, 0.15) is 25.0 Å². The van der Waals surface area contributed by atoms with Crippen LogP contribution in [0.25, 0.3) is 33.5 Å². The summed E-state index contributed by atoms with van der Waals surface area (Å²) in [7, 11) is -1.21. The van der Waals surface area contributed by atoms with Crippen LogP contribution < -0.4 is 0 Å². The first-order valence-electron chi connectivity index (χ1n) is 13.4. The predicted molar refractivity (Wildman–Crippen MR) is 156 cm³/mol. The Morgan fingerprint density at radius 2 is 1.45 bits per heavy atom. The van der Waals surface area contributed by atoms with Gasteiger partial charge < -0.3 is 9.47 Å². The number of piperazine rings is 1. The minimum absolute atomic E-state index is 0.315. The van der Waals surface area contributed by atoms with Crippen LogP contribution in [-0.4, -0.2) is 66.7 Å². The molecule has 200 valence electrons. The molecular formula is C31H38N4O2S. The largest absolute Gasteiger partial charge is 0.327 e. The van der Waals surface area contributed by atoms with Gasteiger partial charge in [-0.2, -0.15) is 0 Å². The van der Waals surface area contributed by atoms with Gasteiger partial charge in [0.15, 0.2) is 9.84 Å². The standard InChI is InChI=1S/C31H38N4O2S/c1-22(2)20-34-14-16-35(17-15-34)21-24-6-8-25(9-7-24)27-18-23(3)30-29(19-27)33(4)31(32-30)26-10-12-28(13-11-26)38(5,36)37/h6-13,18-19,22H,14-17,20-21H2,1-5H3. The predicted octanol–water partition coefficient (Wildman–Crippen LogP) is 5.39. The van der Waals surface area contributed by atoms with Gasteiger partial charge in [-0.25, -0.2) is 13.4 Å². The molecule has 1 aliphatic heterocycles. The molecule has 0 amide bonds. The molecule has 2 heterocycles. The van der Waals surface area contributed by atoms with Crippen molar-refractivity contribution in [2.45, 2.75) is 32.2 Å². The Kier molecular flexibility index (Phi) is 7.45. The molecule has 0 unspecified atom stereocenters. The molecule has 38 heavy (non-hydrogen) atoms. The molecule has 3 aromatic carbocycles. The van der Waals surface area contributed by atoms with Gasteiger partial charge in [0.05, 0.1) is 15.9 Å². The van der Waals surface area contributed by atoms with Crippen molar-refractivity contribution in [3.63, 3.8) is 0 Å². The Morgan fingerprint density at radius 3 is 2.05 bits per heavy atom. The number of hydrogen-bond acceptors (Lipinski definition) is 5. The molecule has 0 saturated carbocycles. The van der Waals surface area contributed by atoms with Crippen molar-refractivity contribution < 1.29 is 8.42 Å². The third kappa shape index (κ3) is 5.70. The Labute approximate surface area is 226 Å². The molecule has 6 nitrogen and oxygen atoms in total. The maximum absolute atomic E-state index is 11.8. The van der Waals surface area contributed by atoms with Crippen LogP contribution >= 0.6 is 0 Å². The molecule has 0 spiro atoms. The zero-order valence-corrected chi connectivity index (χ0v) is 23.9. The van der Waals surface area contributed by atoms with Crippen LogP contribution in [0, 0.1) is 12.8 Å². The second-order valence-corrected chi connectivity index (χ2v) is 13.1. The molecule has 7 heteroatoms. The van der Waals surface area contributed by atoms with Crippen molar-refractivity contribution >= 4 is 20.9 Å². The van der Waals surface area contributed by atoms with E-state index in [2.05, 4.69) is 71.5 Å². The monoisotopic (exact) mass is 530 g/mol. The van der Waals surface area contributed by atoms with Gasteiger partial charge in [-0.15, -0.1) is 0 Å². The first kappa shape index (κ1) is 26.6. The van der Waals surface area contributed by atoms with E-state index < -0.39 is 9.84 Å². The SMILES string of the molecule is Cc1cc(-c2ccc(CN3CCN(CC(C)C)CC3)cc2)cc2c1nc(-c1ccc(S(C)(=O)=O)cc1)n2C. The topological polar surface area (TPSA) is 58.4 Å². The Balaban J connectivity index is 1.34. The lowest BCUT2D eigenvalue weighted by Crippen LogP contribution is -2.46. The summed E-state index contributed by atoms with van der Waals surface area (Å²) in [5.41, 5.74) is 7.76. The highest BCUT2D eigenvalue weighted by molar-refractivity contribution is 7.90. The Morgan fingerprint density at radius 1 is 0.842 bits per heavy atom. The maximum atomic E-state index is 11.8. The summed E-state index contributed by atoms with van der Waals surface area (Å²) < 4.78 is 25.8. The second-order valence-electron chi connectivity index (χ2n) is 11.1. The fourth-order valence-corrected chi connectivity index (χ4v) is 6.07. The molecule has 1 fully saturated rings. The molecule has 0 N–H and O–H groups in total. The van der Waals surface area contributed by atoms with Crippen molar-refractivity contribution in [1.29, 1.82) is 0 Å². The zero-order valence-electron chi connectivity index (χ0n) is 23.1. The van der Waals surface area contributed by atoms with Gasteiger partial charge >= 0.3 is 0 Å². The lowest BCUT2D eigenvalue weighted by molar-refractivity contribution is 0.117. The number of hydrogen-bond donors (Lipinski definition) is 0. The molecule has 1 aromatic heterocycles.